The predicted octanol–water partition coefficient (Wildman–Crippen LogP) is 2.39. The van der Waals surface area contributed by atoms with Gasteiger partial charge in [0.2, 0.25) is 5.91 Å². The molecule has 116 valence electrons. The summed E-state index contributed by atoms with van der Waals surface area (Å²) in [6.45, 7) is 0.533. The van der Waals surface area contributed by atoms with Crippen LogP contribution in [-0.4, -0.2) is 29.3 Å². The molecular formula is C17H15N3O3. The van der Waals surface area contributed by atoms with E-state index in [0.29, 0.717) is 24.2 Å². The van der Waals surface area contributed by atoms with E-state index < -0.39 is 6.04 Å². The minimum Gasteiger partial charge on any atom is -0.459 e. The molecule has 0 radical (unpaired) electrons. The Morgan fingerprint density at radius 2 is 2.04 bits per heavy atom. The molecular weight excluding hydrogens is 294 g/mol. The lowest BCUT2D eigenvalue weighted by molar-refractivity contribution is -0.119. The molecule has 0 bridgehead atoms. The number of nitrogens with zero attached hydrogens (tertiary/aromatic N) is 2. The Morgan fingerprint density at radius 1 is 1.26 bits per heavy atom. The maximum Gasteiger partial charge on any atom is 0.290 e. The lowest BCUT2D eigenvalue weighted by Crippen LogP contribution is -2.43. The maximum atomic E-state index is 12.5. The molecule has 2 heterocycles. The first kappa shape index (κ1) is 14.9. The summed E-state index contributed by atoms with van der Waals surface area (Å²) < 4.78 is 5.13. The van der Waals surface area contributed by atoms with Gasteiger partial charge in [0.05, 0.1) is 17.9 Å². The van der Waals surface area contributed by atoms with Crippen LogP contribution in [0.15, 0.2) is 47.1 Å². The highest BCUT2D eigenvalue weighted by atomic mass is 16.3. The van der Waals surface area contributed by atoms with Crippen molar-refractivity contribution < 1.29 is 14.0 Å². The van der Waals surface area contributed by atoms with Gasteiger partial charge in [0.25, 0.3) is 5.91 Å². The fourth-order valence-electron chi connectivity index (χ4n) is 2.68. The Kier molecular flexibility index (Phi) is 4.11. The van der Waals surface area contributed by atoms with E-state index in [1.54, 1.807) is 36.4 Å². The van der Waals surface area contributed by atoms with Crippen LogP contribution in [0.25, 0.3) is 0 Å². The van der Waals surface area contributed by atoms with Crippen LogP contribution in [0.1, 0.15) is 29.0 Å². The maximum absolute atomic E-state index is 12.5. The number of nitrogens with one attached hydrogen (secondary N) is 1. The van der Waals surface area contributed by atoms with Gasteiger partial charge in [-0.2, -0.15) is 5.26 Å². The molecule has 1 aliphatic rings. The number of rotatable bonds is 3. The second-order valence-corrected chi connectivity index (χ2v) is 5.31. The number of anilines is 1. The first-order valence-electron chi connectivity index (χ1n) is 7.34. The average molecular weight is 309 g/mol. The van der Waals surface area contributed by atoms with Crippen LogP contribution in [0.4, 0.5) is 5.69 Å². The lowest BCUT2D eigenvalue weighted by Gasteiger charge is -2.23. The third-order valence-electron chi connectivity index (χ3n) is 3.83. The van der Waals surface area contributed by atoms with Crippen LogP contribution in [0.2, 0.25) is 0 Å². The number of benzene rings is 1. The summed E-state index contributed by atoms with van der Waals surface area (Å²) in [5.74, 6) is -0.261. The standard InChI is InChI=1S/C17H15N3O3/c18-11-12-5-7-13(8-6-12)19-16(21)14-3-1-9-20(14)17(22)15-4-2-10-23-15/h2,4-8,10,14H,1,3,9H2,(H,19,21). The molecule has 0 aliphatic carbocycles. The summed E-state index contributed by atoms with van der Waals surface area (Å²) >= 11 is 0. The number of furan rings is 1. The van der Waals surface area contributed by atoms with Crippen molar-refractivity contribution in [3.05, 3.63) is 54.0 Å². The summed E-state index contributed by atoms with van der Waals surface area (Å²) in [5, 5.41) is 11.6. The number of carbonyl (C=O) groups excluding carboxylic acids is 2. The van der Waals surface area contributed by atoms with E-state index in [0.717, 1.165) is 6.42 Å². The second-order valence-electron chi connectivity index (χ2n) is 5.31. The Bertz CT molecular complexity index is 744. The Hall–Kier alpha value is -3.07. The predicted molar refractivity (Wildman–Crippen MR) is 82.6 cm³/mol. The van der Waals surface area contributed by atoms with Crippen molar-refractivity contribution in [2.24, 2.45) is 0 Å². The van der Waals surface area contributed by atoms with Crippen molar-refractivity contribution in [2.45, 2.75) is 18.9 Å². The van der Waals surface area contributed by atoms with E-state index in [-0.39, 0.29) is 17.6 Å². The van der Waals surface area contributed by atoms with Crippen LogP contribution in [0, 0.1) is 11.3 Å². The average Bonchev–Trinajstić information content (AvgIpc) is 3.26. The van der Waals surface area contributed by atoms with Crippen LogP contribution in [0.5, 0.6) is 0 Å². The molecule has 1 saturated heterocycles. The molecule has 6 heteroatoms. The number of amides is 2. The third-order valence-corrected chi connectivity index (χ3v) is 3.83. The van der Waals surface area contributed by atoms with Gasteiger partial charge >= 0.3 is 0 Å². The van der Waals surface area contributed by atoms with Crippen molar-refractivity contribution in [2.75, 3.05) is 11.9 Å². The number of hydrogen-bond acceptors (Lipinski definition) is 4. The minimum atomic E-state index is -0.511. The molecule has 1 aromatic heterocycles. The highest BCUT2D eigenvalue weighted by molar-refractivity contribution is 6.00. The van der Waals surface area contributed by atoms with Gasteiger partial charge in [-0.1, -0.05) is 0 Å². The molecule has 1 fully saturated rings. The topological polar surface area (TPSA) is 86.3 Å². The summed E-state index contributed by atoms with van der Waals surface area (Å²) in [6.07, 6.45) is 2.83. The van der Waals surface area contributed by atoms with Gasteiger partial charge in [-0.05, 0) is 49.2 Å². The Balaban J connectivity index is 1.70. The van der Waals surface area contributed by atoms with Crippen molar-refractivity contribution in [3.63, 3.8) is 0 Å². The van der Waals surface area contributed by atoms with Crippen LogP contribution < -0.4 is 5.32 Å². The van der Waals surface area contributed by atoms with E-state index in [1.165, 1.54) is 11.2 Å². The summed E-state index contributed by atoms with van der Waals surface area (Å²) in [4.78, 5) is 26.4. The summed E-state index contributed by atoms with van der Waals surface area (Å²) in [5.41, 5.74) is 1.13. The Morgan fingerprint density at radius 3 is 2.70 bits per heavy atom. The van der Waals surface area contributed by atoms with Gasteiger partial charge in [-0.3, -0.25) is 9.59 Å². The number of likely N-dealkylation sites (tertiary alicyclic amines) is 1. The SMILES string of the molecule is N#Cc1ccc(NC(=O)C2CCCN2C(=O)c2ccco2)cc1. The number of nitriles is 1. The van der Waals surface area contributed by atoms with Crippen LogP contribution in [0.3, 0.4) is 0 Å². The zero-order valence-electron chi connectivity index (χ0n) is 12.4. The van der Waals surface area contributed by atoms with Gasteiger partial charge in [0.1, 0.15) is 6.04 Å². The van der Waals surface area contributed by atoms with Crippen LogP contribution >= 0.6 is 0 Å². The third kappa shape index (κ3) is 3.09. The first-order chi connectivity index (χ1) is 11.2. The van der Waals surface area contributed by atoms with Crippen molar-refractivity contribution in [1.29, 1.82) is 5.26 Å². The quantitative estimate of drug-likeness (QED) is 0.943. The molecule has 6 nitrogen and oxygen atoms in total. The largest absolute Gasteiger partial charge is 0.459 e. The smallest absolute Gasteiger partial charge is 0.290 e. The second kappa shape index (κ2) is 6.36. The fraction of sp³-hybridized carbons (Fsp3) is 0.235. The molecule has 2 amide bonds. The molecule has 3 rings (SSSR count). The van der Waals surface area contributed by atoms with Gasteiger partial charge in [0.15, 0.2) is 5.76 Å². The normalized spacial score (nSPS) is 16.8. The van der Waals surface area contributed by atoms with Gasteiger partial charge in [-0.25, -0.2) is 0 Å². The zero-order chi connectivity index (χ0) is 16.2. The van der Waals surface area contributed by atoms with Crippen molar-refractivity contribution >= 4 is 17.5 Å². The van der Waals surface area contributed by atoms with E-state index in [1.807, 2.05) is 6.07 Å². The van der Waals surface area contributed by atoms with E-state index >= 15 is 0 Å². The molecule has 1 atom stereocenters. The van der Waals surface area contributed by atoms with Crippen LogP contribution in [-0.2, 0) is 4.79 Å². The molecule has 0 spiro atoms. The van der Waals surface area contributed by atoms with Crippen molar-refractivity contribution in [1.82, 2.24) is 4.90 Å². The monoisotopic (exact) mass is 309 g/mol. The van der Waals surface area contributed by atoms with Crippen molar-refractivity contribution in [3.8, 4) is 6.07 Å². The number of hydrogen-bond donors (Lipinski definition) is 1. The molecule has 1 unspecified atom stereocenters. The molecule has 0 saturated carbocycles. The van der Waals surface area contributed by atoms with Gasteiger partial charge in [0, 0.05) is 12.2 Å². The van der Waals surface area contributed by atoms with E-state index in [2.05, 4.69) is 5.32 Å². The van der Waals surface area contributed by atoms with E-state index in [4.69, 9.17) is 9.68 Å². The number of carbonyl (C=O) groups is 2. The first-order valence-corrected chi connectivity index (χ1v) is 7.34. The Labute approximate surface area is 133 Å². The molecule has 23 heavy (non-hydrogen) atoms. The highest BCUT2D eigenvalue weighted by Gasteiger charge is 2.35. The summed E-state index contributed by atoms with van der Waals surface area (Å²) in [7, 11) is 0. The van der Waals surface area contributed by atoms with Gasteiger partial charge in [-0.15, -0.1) is 0 Å². The molecule has 1 N–H and O–H groups in total. The molecule has 2 aromatic rings. The fourth-order valence-corrected chi connectivity index (χ4v) is 2.68. The summed E-state index contributed by atoms with van der Waals surface area (Å²) in [6, 6.07) is 11.4. The molecule has 1 aliphatic heterocycles. The zero-order valence-corrected chi connectivity index (χ0v) is 12.4. The minimum absolute atomic E-state index is 0.230. The highest BCUT2D eigenvalue weighted by Crippen LogP contribution is 2.22. The van der Waals surface area contributed by atoms with Gasteiger partial charge < -0.3 is 14.6 Å². The lowest BCUT2D eigenvalue weighted by atomic mass is 10.1. The van der Waals surface area contributed by atoms with E-state index in [9.17, 15) is 9.59 Å². The molecule has 1 aromatic carbocycles.